The summed E-state index contributed by atoms with van der Waals surface area (Å²) in [7, 11) is 0. The molecule has 3 aromatic rings. The highest BCUT2D eigenvalue weighted by molar-refractivity contribution is 5.87. The van der Waals surface area contributed by atoms with Crippen LogP contribution in [0.2, 0.25) is 0 Å². The van der Waals surface area contributed by atoms with E-state index in [9.17, 15) is 14.3 Å². The summed E-state index contributed by atoms with van der Waals surface area (Å²) in [5.74, 6) is -0.690. The summed E-state index contributed by atoms with van der Waals surface area (Å²) < 4.78 is 13.1. The van der Waals surface area contributed by atoms with Crippen molar-refractivity contribution in [1.29, 1.82) is 0 Å². The number of hydrogen-bond acceptors (Lipinski definition) is 2. The standard InChI is InChI=1S/C27H28FNO2/c1-19-17-29(15-14-27(19,2)24-5-3-4-23(16-24)26(30)31)18-20-6-8-21(9-7-20)22-10-12-25(28)13-11-22/h3-13,16,19H,14-15,17-18H2,1-2H3,(H,30,31)/t19-,27+/m0/s1. The molecular weight excluding hydrogens is 389 g/mol. The van der Waals surface area contributed by atoms with Gasteiger partial charge in [0.15, 0.2) is 0 Å². The Bertz CT molecular complexity index is 1060. The molecule has 0 bridgehead atoms. The van der Waals surface area contributed by atoms with E-state index in [2.05, 4.69) is 49.1 Å². The zero-order valence-corrected chi connectivity index (χ0v) is 18.0. The van der Waals surface area contributed by atoms with Gasteiger partial charge in [0, 0.05) is 13.1 Å². The molecule has 1 aliphatic rings. The van der Waals surface area contributed by atoms with Crippen LogP contribution in [0.5, 0.6) is 0 Å². The molecule has 3 nitrogen and oxygen atoms in total. The first-order valence-electron chi connectivity index (χ1n) is 10.8. The maximum atomic E-state index is 13.1. The Morgan fingerprint density at radius 2 is 1.71 bits per heavy atom. The molecule has 31 heavy (non-hydrogen) atoms. The molecule has 1 fully saturated rings. The van der Waals surface area contributed by atoms with E-state index in [0.29, 0.717) is 11.5 Å². The third-order valence-corrected chi connectivity index (χ3v) is 6.87. The molecule has 0 aliphatic carbocycles. The van der Waals surface area contributed by atoms with Crippen LogP contribution in [-0.2, 0) is 12.0 Å². The Morgan fingerprint density at radius 3 is 2.32 bits per heavy atom. The minimum Gasteiger partial charge on any atom is -0.478 e. The second-order valence-electron chi connectivity index (χ2n) is 8.89. The van der Waals surface area contributed by atoms with E-state index < -0.39 is 5.97 Å². The maximum Gasteiger partial charge on any atom is 0.335 e. The van der Waals surface area contributed by atoms with E-state index in [1.165, 1.54) is 17.7 Å². The summed E-state index contributed by atoms with van der Waals surface area (Å²) >= 11 is 0. The average Bonchev–Trinajstić information content (AvgIpc) is 2.77. The Morgan fingerprint density at radius 1 is 1.06 bits per heavy atom. The smallest absolute Gasteiger partial charge is 0.335 e. The second kappa shape index (κ2) is 8.64. The average molecular weight is 418 g/mol. The van der Waals surface area contributed by atoms with Crippen molar-refractivity contribution in [3.8, 4) is 11.1 Å². The lowest BCUT2D eigenvalue weighted by atomic mass is 9.68. The summed E-state index contributed by atoms with van der Waals surface area (Å²) in [6, 6.07) is 22.5. The van der Waals surface area contributed by atoms with Crippen molar-refractivity contribution in [1.82, 2.24) is 4.90 Å². The molecule has 0 radical (unpaired) electrons. The number of piperidine rings is 1. The van der Waals surface area contributed by atoms with Crippen LogP contribution >= 0.6 is 0 Å². The van der Waals surface area contributed by atoms with Gasteiger partial charge in [-0.2, -0.15) is 0 Å². The molecule has 1 N–H and O–H groups in total. The molecule has 0 spiro atoms. The Hall–Kier alpha value is -2.98. The molecule has 0 amide bonds. The van der Waals surface area contributed by atoms with E-state index in [-0.39, 0.29) is 11.2 Å². The molecule has 0 unspecified atom stereocenters. The van der Waals surface area contributed by atoms with E-state index in [1.54, 1.807) is 18.2 Å². The van der Waals surface area contributed by atoms with Gasteiger partial charge >= 0.3 is 5.97 Å². The number of likely N-dealkylation sites (tertiary alicyclic amines) is 1. The van der Waals surface area contributed by atoms with E-state index in [0.717, 1.165) is 42.7 Å². The quantitative estimate of drug-likeness (QED) is 0.554. The van der Waals surface area contributed by atoms with Gasteiger partial charge in [-0.1, -0.05) is 62.4 Å². The lowest BCUT2D eigenvalue weighted by Crippen LogP contribution is -2.47. The lowest BCUT2D eigenvalue weighted by Gasteiger charge is -2.45. The summed E-state index contributed by atoms with van der Waals surface area (Å²) in [5, 5.41) is 9.34. The van der Waals surface area contributed by atoms with Crippen LogP contribution in [-0.4, -0.2) is 29.1 Å². The van der Waals surface area contributed by atoms with E-state index in [4.69, 9.17) is 0 Å². The fraction of sp³-hybridized carbons (Fsp3) is 0.296. The molecule has 0 aromatic heterocycles. The number of halogens is 1. The number of hydrogen-bond donors (Lipinski definition) is 1. The number of nitrogens with zero attached hydrogens (tertiary/aromatic N) is 1. The normalized spacial score (nSPS) is 21.7. The fourth-order valence-electron chi connectivity index (χ4n) is 4.60. The predicted molar refractivity (Wildman–Crippen MR) is 122 cm³/mol. The molecule has 160 valence electrons. The highest BCUT2D eigenvalue weighted by atomic mass is 19.1. The molecule has 3 aromatic carbocycles. The van der Waals surface area contributed by atoms with Gasteiger partial charge in [0.25, 0.3) is 0 Å². The van der Waals surface area contributed by atoms with Crippen molar-refractivity contribution in [3.63, 3.8) is 0 Å². The first kappa shape index (κ1) is 21.3. The highest BCUT2D eigenvalue weighted by Gasteiger charge is 2.38. The van der Waals surface area contributed by atoms with Crippen molar-refractivity contribution < 1.29 is 14.3 Å². The monoisotopic (exact) mass is 417 g/mol. The van der Waals surface area contributed by atoms with Crippen LogP contribution in [0.15, 0.2) is 72.8 Å². The second-order valence-corrected chi connectivity index (χ2v) is 8.89. The number of carboxylic acid groups (broad SMARTS) is 1. The van der Waals surface area contributed by atoms with E-state index in [1.807, 2.05) is 12.1 Å². The van der Waals surface area contributed by atoms with Gasteiger partial charge in [0.05, 0.1) is 5.56 Å². The number of rotatable bonds is 5. The molecular formula is C27H28FNO2. The Labute approximate surface area is 183 Å². The summed E-state index contributed by atoms with van der Waals surface area (Å²) in [6.45, 7) is 7.34. The summed E-state index contributed by atoms with van der Waals surface area (Å²) in [4.78, 5) is 13.9. The zero-order valence-electron chi connectivity index (χ0n) is 18.0. The Kier molecular flexibility index (Phi) is 5.92. The highest BCUT2D eigenvalue weighted by Crippen LogP contribution is 2.40. The lowest BCUT2D eigenvalue weighted by molar-refractivity contribution is 0.0696. The van der Waals surface area contributed by atoms with Crippen LogP contribution < -0.4 is 0 Å². The van der Waals surface area contributed by atoms with Crippen molar-refractivity contribution >= 4 is 5.97 Å². The molecule has 2 atom stereocenters. The van der Waals surface area contributed by atoms with Crippen molar-refractivity contribution in [2.24, 2.45) is 5.92 Å². The van der Waals surface area contributed by atoms with Crippen molar-refractivity contribution in [3.05, 3.63) is 95.3 Å². The minimum atomic E-state index is -0.875. The largest absolute Gasteiger partial charge is 0.478 e. The number of benzene rings is 3. The van der Waals surface area contributed by atoms with Crippen molar-refractivity contribution in [2.45, 2.75) is 32.2 Å². The van der Waals surface area contributed by atoms with Gasteiger partial charge < -0.3 is 5.11 Å². The summed E-state index contributed by atoms with van der Waals surface area (Å²) in [5.41, 5.74) is 4.79. The number of aromatic carboxylic acids is 1. The maximum absolute atomic E-state index is 13.1. The molecule has 1 heterocycles. The molecule has 4 heteroatoms. The first-order valence-corrected chi connectivity index (χ1v) is 10.8. The third-order valence-electron chi connectivity index (χ3n) is 6.87. The van der Waals surface area contributed by atoms with Gasteiger partial charge in [-0.15, -0.1) is 0 Å². The van der Waals surface area contributed by atoms with Gasteiger partial charge in [-0.3, -0.25) is 4.90 Å². The van der Waals surface area contributed by atoms with Gasteiger partial charge in [0.1, 0.15) is 5.82 Å². The molecule has 0 saturated carbocycles. The van der Waals surface area contributed by atoms with E-state index >= 15 is 0 Å². The molecule has 1 saturated heterocycles. The number of carbonyl (C=O) groups is 1. The SMILES string of the molecule is C[C@H]1CN(Cc2ccc(-c3ccc(F)cc3)cc2)CC[C@@]1(C)c1cccc(C(=O)O)c1. The number of carboxylic acids is 1. The topological polar surface area (TPSA) is 40.5 Å². The summed E-state index contributed by atoms with van der Waals surface area (Å²) in [6.07, 6.45) is 0.991. The van der Waals surface area contributed by atoms with Crippen LogP contribution in [0.25, 0.3) is 11.1 Å². The predicted octanol–water partition coefficient (Wildman–Crippen LogP) is 5.99. The van der Waals surface area contributed by atoms with Crippen LogP contribution in [0.4, 0.5) is 4.39 Å². The van der Waals surface area contributed by atoms with Gasteiger partial charge in [-0.25, -0.2) is 9.18 Å². The third kappa shape index (κ3) is 4.54. The van der Waals surface area contributed by atoms with Gasteiger partial charge in [-0.05, 0) is 70.8 Å². The Balaban J connectivity index is 1.42. The van der Waals surface area contributed by atoms with Gasteiger partial charge in [0.2, 0.25) is 0 Å². The molecule has 1 aliphatic heterocycles. The fourth-order valence-corrected chi connectivity index (χ4v) is 4.60. The van der Waals surface area contributed by atoms with Crippen LogP contribution in [0.3, 0.4) is 0 Å². The van der Waals surface area contributed by atoms with Crippen LogP contribution in [0, 0.1) is 11.7 Å². The molecule has 4 rings (SSSR count). The zero-order chi connectivity index (χ0) is 22.0. The first-order chi connectivity index (χ1) is 14.8. The van der Waals surface area contributed by atoms with Crippen molar-refractivity contribution in [2.75, 3.05) is 13.1 Å². The van der Waals surface area contributed by atoms with Crippen LogP contribution in [0.1, 0.15) is 41.8 Å². The minimum absolute atomic E-state index is 0.0333.